The number of benzene rings is 2. The van der Waals surface area contributed by atoms with Crippen LogP contribution in [-0.4, -0.2) is 18.4 Å². The van der Waals surface area contributed by atoms with Crippen LogP contribution in [0, 0.1) is 11.7 Å². The van der Waals surface area contributed by atoms with Crippen molar-refractivity contribution in [3.8, 4) is 0 Å². The van der Waals surface area contributed by atoms with Gasteiger partial charge in [0.25, 0.3) is 11.8 Å². The zero-order valence-corrected chi connectivity index (χ0v) is 16.7. The van der Waals surface area contributed by atoms with Crippen LogP contribution in [0.25, 0.3) is 0 Å². The molecule has 2 amide bonds. The number of rotatable bonds is 5. The Morgan fingerprint density at radius 3 is 2.76 bits per heavy atom. The first-order chi connectivity index (χ1) is 13.8. The van der Waals surface area contributed by atoms with Crippen LogP contribution in [0.1, 0.15) is 47.8 Å². The predicted octanol–water partition coefficient (Wildman–Crippen LogP) is 3.52. The van der Waals surface area contributed by atoms with Crippen LogP contribution >= 0.6 is 0 Å². The monoisotopic (exact) mass is 397 g/mol. The van der Waals surface area contributed by atoms with E-state index in [4.69, 9.17) is 4.74 Å². The van der Waals surface area contributed by atoms with Crippen LogP contribution < -0.4 is 16.0 Å². The lowest BCUT2D eigenvalue weighted by molar-refractivity contribution is -0.140. The van der Waals surface area contributed by atoms with Crippen LogP contribution in [0.5, 0.6) is 0 Å². The molecule has 2 aliphatic heterocycles. The van der Waals surface area contributed by atoms with Gasteiger partial charge in [-0.3, -0.25) is 9.59 Å². The van der Waals surface area contributed by atoms with Gasteiger partial charge in [-0.25, -0.2) is 4.39 Å². The molecule has 2 heterocycles. The normalized spacial score (nSPS) is 19.8. The molecule has 2 aliphatic rings. The van der Waals surface area contributed by atoms with E-state index in [0.717, 1.165) is 24.7 Å². The van der Waals surface area contributed by atoms with Gasteiger partial charge in [0.05, 0.1) is 17.9 Å². The van der Waals surface area contributed by atoms with Crippen molar-refractivity contribution in [3.63, 3.8) is 0 Å². The molecule has 6 nitrogen and oxygen atoms in total. The lowest BCUT2D eigenvalue weighted by Crippen LogP contribution is -2.36. The van der Waals surface area contributed by atoms with Crippen LogP contribution in [0.4, 0.5) is 15.8 Å². The lowest BCUT2D eigenvalue weighted by Gasteiger charge is -2.26. The van der Waals surface area contributed by atoms with Gasteiger partial charge in [0.1, 0.15) is 5.82 Å². The highest BCUT2D eigenvalue weighted by atomic mass is 19.1. The van der Waals surface area contributed by atoms with Gasteiger partial charge in [0.15, 0.2) is 5.60 Å². The molecule has 0 saturated heterocycles. The van der Waals surface area contributed by atoms with E-state index in [1.807, 2.05) is 32.0 Å². The minimum Gasteiger partial charge on any atom is -0.360 e. The zero-order valence-electron chi connectivity index (χ0n) is 16.7. The van der Waals surface area contributed by atoms with Crippen LogP contribution in [0.3, 0.4) is 0 Å². The van der Waals surface area contributed by atoms with E-state index in [-0.39, 0.29) is 17.2 Å². The summed E-state index contributed by atoms with van der Waals surface area (Å²) in [4.78, 5) is 25.7. The molecule has 7 heteroatoms. The standard InChI is InChI=1S/C22H24FN3O3/c1-12(2)11-29-22(3)19-17(7-15(23)8-18(19)26-21(22)28)20(27)25-16-5-4-13-9-24-10-14(13)6-16/h4-8,12,24H,9-11H2,1-3H3,(H,25,27)(H,26,28)/t22-/m0/s1. The quantitative estimate of drug-likeness (QED) is 0.721. The maximum atomic E-state index is 14.2. The van der Waals surface area contributed by atoms with Gasteiger partial charge in [0.2, 0.25) is 0 Å². The van der Waals surface area contributed by atoms with E-state index in [1.165, 1.54) is 11.6 Å². The summed E-state index contributed by atoms with van der Waals surface area (Å²) in [6.07, 6.45) is 0. The minimum atomic E-state index is -1.36. The Balaban J connectivity index is 1.69. The van der Waals surface area contributed by atoms with Crippen molar-refractivity contribution < 1.29 is 18.7 Å². The first kappa shape index (κ1) is 19.5. The van der Waals surface area contributed by atoms with Crippen molar-refractivity contribution >= 4 is 23.2 Å². The third-order valence-corrected chi connectivity index (χ3v) is 5.31. The fourth-order valence-corrected chi connectivity index (χ4v) is 3.80. The molecule has 4 rings (SSSR count). The summed E-state index contributed by atoms with van der Waals surface area (Å²) in [5, 5.41) is 8.74. The average molecular weight is 397 g/mol. The van der Waals surface area contributed by atoms with Crippen molar-refractivity contribution in [2.24, 2.45) is 5.92 Å². The predicted molar refractivity (Wildman–Crippen MR) is 108 cm³/mol. The molecule has 0 bridgehead atoms. The highest BCUT2D eigenvalue weighted by molar-refractivity contribution is 6.13. The maximum Gasteiger partial charge on any atom is 0.261 e. The van der Waals surface area contributed by atoms with Crippen molar-refractivity contribution in [3.05, 3.63) is 58.4 Å². The van der Waals surface area contributed by atoms with Gasteiger partial charge in [-0.2, -0.15) is 0 Å². The summed E-state index contributed by atoms with van der Waals surface area (Å²) in [5.41, 5.74) is 2.30. The SMILES string of the molecule is CC(C)CO[C@]1(C)C(=O)Nc2cc(F)cc(C(=O)Nc3ccc4c(c3)CNC4)c21. The number of carbonyl (C=O) groups excluding carboxylic acids is 2. The van der Waals surface area contributed by atoms with Gasteiger partial charge in [-0.1, -0.05) is 19.9 Å². The van der Waals surface area contributed by atoms with E-state index >= 15 is 0 Å². The number of hydrogen-bond donors (Lipinski definition) is 3. The summed E-state index contributed by atoms with van der Waals surface area (Å²) >= 11 is 0. The molecule has 0 aromatic heterocycles. The molecular weight excluding hydrogens is 373 g/mol. The first-order valence-electron chi connectivity index (χ1n) is 9.71. The van der Waals surface area contributed by atoms with Crippen LogP contribution in [-0.2, 0) is 28.2 Å². The first-order valence-corrected chi connectivity index (χ1v) is 9.71. The molecule has 2 aromatic carbocycles. The highest BCUT2D eigenvalue weighted by Crippen LogP contribution is 2.42. The molecule has 1 atom stereocenters. The third-order valence-electron chi connectivity index (χ3n) is 5.31. The number of fused-ring (bicyclic) bond motifs is 2. The molecule has 0 saturated carbocycles. The van der Waals surface area contributed by atoms with Gasteiger partial charge < -0.3 is 20.7 Å². The minimum absolute atomic E-state index is 0.0863. The van der Waals surface area contributed by atoms with Crippen molar-refractivity contribution in [2.75, 3.05) is 17.2 Å². The van der Waals surface area contributed by atoms with Crippen LogP contribution in [0.15, 0.2) is 30.3 Å². The number of ether oxygens (including phenoxy) is 1. The zero-order chi connectivity index (χ0) is 20.8. The van der Waals surface area contributed by atoms with E-state index in [0.29, 0.717) is 17.9 Å². The molecule has 152 valence electrons. The third kappa shape index (κ3) is 3.52. The number of anilines is 2. The molecule has 2 aromatic rings. The second-order valence-electron chi connectivity index (χ2n) is 8.11. The second kappa shape index (κ2) is 7.24. The maximum absolute atomic E-state index is 14.2. The van der Waals surface area contributed by atoms with Gasteiger partial charge in [0, 0.05) is 24.3 Å². The lowest BCUT2D eigenvalue weighted by atomic mass is 9.91. The van der Waals surface area contributed by atoms with Crippen molar-refractivity contribution in [1.29, 1.82) is 0 Å². The molecule has 0 radical (unpaired) electrons. The van der Waals surface area contributed by atoms with E-state index in [9.17, 15) is 14.0 Å². The molecule has 29 heavy (non-hydrogen) atoms. The number of amides is 2. The Hall–Kier alpha value is -2.77. The molecular formula is C22H24FN3O3. The largest absolute Gasteiger partial charge is 0.360 e. The Morgan fingerprint density at radius 2 is 2.00 bits per heavy atom. The molecule has 0 fully saturated rings. The average Bonchev–Trinajstić information content (AvgIpc) is 3.22. The van der Waals surface area contributed by atoms with E-state index in [2.05, 4.69) is 16.0 Å². The number of nitrogens with one attached hydrogen (secondary N) is 3. The topological polar surface area (TPSA) is 79.5 Å². The fourth-order valence-electron chi connectivity index (χ4n) is 3.80. The Morgan fingerprint density at radius 1 is 1.24 bits per heavy atom. The number of carbonyl (C=O) groups is 2. The fraction of sp³-hybridized carbons (Fsp3) is 0.364. The Labute approximate surface area is 168 Å². The molecule has 0 unspecified atom stereocenters. The Kier molecular flexibility index (Phi) is 4.88. The van der Waals surface area contributed by atoms with E-state index < -0.39 is 23.2 Å². The number of halogens is 1. The van der Waals surface area contributed by atoms with Gasteiger partial charge in [-0.15, -0.1) is 0 Å². The van der Waals surface area contributed by atoms with Crippen LogP contribution in [0.2, 0.25) is 0 Å². The summed E-state index contributed by atoms with van der Waals surface area (Å²) in [7, 11) is 0. The molecule has 0 spiro atoms. The van der Waals surface area contributed by atoms with Crippen molar-refractivity contribution in [2.45, 2.75) is 39.5 Å². The summed E-state index contributed by atoms with van der Waals surface area (Å²) in [6.45, 7) is 7.44. The highest BCUT2D eigenvalue weighted by Gasteiger charge is 2.47. The Bertz CT molecular complexity index is 1010. The summed E-state index contributed by atoms with van der Waals surface area (Å²) < 4.78 is 20.1. The number of hydrogen-bond acceptors (Lipinski definition) is 4. The molecule has 3 N–H and O–H groups in total. The second-order valence-corrected chi connectivity index (χ2v) is 8.11. The van der Waals surface area contributed by atoms with Gasteiger partial charge >= 0.3 is 0 Å². The van der Waals surface area contributed by atoms with E-state index in [1.54, 1.807) is 6.92 Å². The van der Waals surface area contributed by atoms with Gasteiger partial charge in [-0.05, 0) is 48.2 Å². The summed E-state index contributed by atoms with van der Waals surface area (Å²) in [6, 6.07) is 8.06. The van der Waals surface area contributed by atoms with Crippen molar-refractivity contribution in [1.82, 2.24) is 5.32 Å². The molecule has 0 aliphatic carbocycles. The summed E-state index contributed by atoms with van der Waals surface area (Å²) in [5.74, 6) is -1.29. The smallest absolute Gasteiger partial charge is 0.261 e.